The summed E-state index contributed by atoms with van der Waals surface area (Å²) in [6.45, 7) is -0.775. The lowest BCUT2D eigenvalue weighted by molar-refractivity contribution is -0.137. The van der Waals surface area contributed by atoms with Gasteiger partial charge in [-0.3, -0.25) is 4.79 Å². The molecule has 0 fully saturated rings. The van der Waals surface area contributed by atoms with Crippen LogP contribution in [0, 0.1) is 0 Å². The van der Waals surface area contributed by atoms with Gasteiger partial charge in [0.2, 0.25) is 10.0 Å². The molecule has 12 heteroatoms. The molecule has 0 aliphatic carbocycles. The number of hydrogen-bond donors (Lipinski definition) is 1. The second kappa shape index (κ2) is 11.3. The SMILES string of the molecule is O=C(CN(Cc1ccc(Cl)cc1)S(=O)(=O)c1ccc(Br)cc1)N/N=C\c1ccccc1C(F)(F)F. The van der Waals surface area contributed by atoms with Crippen molar-refractivity contribution in [3.05, 3.63) is 99.0 Å². The third-order valence-corrected chi connectivity index (χ3v) is 7.29. The van der Waals surface area contributed by atoms with Crippen LogP contribution in [0.1, 0.15) is 16.7 Å². The van der Waals surface area contributed by atoms with Crippen molar-refractivity contribution < 1.29 is 26.4 Å². The number of carbonyl (C=O) groups excluding carboxylic acids is 1. The molecule has 0 saturated carbocycles. The van der Waals surface area contributed by atoms with E-state index in [-0.39, 0.29) is 17.0 Å². The first-order valence-electron chi connectivity index (χ1n) is 9.95. The summed E-state index contributed by atoms with van der Waals surface area (Å²) in [5, 5.41) is 4.04. The standard InChI is InChI=1S/C23H18BrClF3N3O3S/c24-18-7-11-20(12-8-18)35(33,34)31(14-16-5-9-19(25)10-6-16)15-22(32)30-29-13-17-3-1-2-4-21(17)23(26,27)28/h1-13H,14-15H2,(H,30,32)/b29-13-. The first kappa shape index (κ1) is 26.9. The minimum Gasteiger partial charge on any atom is -0.272 e. The number of nitrogens with one attached hydrogen (secondary N) is 1. The second-order valence-electron chi connectivity index (χ2n) is 7.23. The van der Waals surface area contributed by atoms with Crippen LogP contribution < -0.4 is 5.43 Å². The Morgan fingerprint density at radius 2 is 1.66 bits per heavy atom. The normalized spacial score (nSPS) is 12.3. The lowest BCUT2D eigenvalue weighted by Gasteiger charge is -2.21. The molecule has 3 aromatic carbocycles. The van der Waals surface area contributed by atoms with E-state index in [0.29, 0.717) is 15.1 Å². The highest BCUT2D eigenvalue weighted by Crippen LogP contribution is 2.31. The Morgan fingerprint density at radius 1 is 1.03 bits per heavy atom. The number of carbonyl (C=O) groups is 1. The zero-order valence-electron chi connectivity index (χ0n) is 17.8. The maximum absolute atomic E-state index is 13.2. The molecular formula is C23H18BrClF3N3O3S. The molecule has 0 spiro atoms. The Hall–Kier alpha value is -2.73. The third kappa shape index (κ3) is 7.38. The van der Waals surface area contributed by atoms with Crippen LogP contribution in [0.15, 0.2) is 87.3 Å². The Morgan fingerprint density at radius 3 is 2.29 bits per heavy atom. The van der Waals surface area contributed by atoms with Crippen molar-refractivity contribution >= 4 is 49.7 Å². The monoisotopic (exact) mass is 587 g/mol. The maximum Gasteiger partial charge on any atom is 0.417 e. The molecule has 184 valence electrons. The lowest BCUT2D eigenvalue weighted by Crippen LogP contribution is -2.39. The molecule has 3 aromatic rings. The minimum absolute atomic E-state index is 0.0370. The number of hydrogen-bond acceptors (Lipinski definition) is 4. The molecule has 1 amide bonds. The molecule has 0 radical (unpaired) electrons. The third-order valence-electron chi connectivity index (χ3n) is 4.70. The predicted octanol–water partition coefficient (Wildman–Crippen LogP) is 5.46. The molecular weight excluding hydrogens is 571 g/mol. The fraction of sp³-hybridized carbons (Fsp3) is 0.130. The summed E-state index contributed by atoms with van der Waals surface area (Å²) in [4.78, 5) is 12.5. The average molecular weight is 589 g/mol. The van der Waals surface area contributed by atoms with Crippen LogP contribution in [0.4, 0.5) is 13.2 Å². The summed E-state index contributed by atoms with van der Waals surface area (Å²) < 4.78 is 67.5. The van der Waals surface area contributed by atoms with Gasteiger partial charge in [-0.2, -0.15) is 22.6 Å². The fourth-order valence-electron chi connectivity index (χ4n) is 3.01. The molecule has 35 heavy (non-hydrogen) atoms. The van der Waals surface area contributed by atoms with Gasteiger partial charge in [0.15, 0.2) is 0 Å². The number of benzene rings is 3. The predicted molar refractivity (Wildman–Crippen MR) is 130 cm³/mol. The molecule has 0 bridgehead atoms. The molecule has 0 aromatic heterocycles. The van der Waals surface area contributed by atoms with Gasteiger partial charge in [0.05, 0.1) is 23.2 Å². The molecule has 3 rings (SSSR count). The van der Waals surface area contributed by atoms with Crippen molar-refractivity contribution in [1.82, 2.24) is 9.73 Å². The van der Waals surface area contributed by atoms with Crippen LogP contribution in [0.25, 0.3) is 0 Å². The van der Waals surface area contributed by atoms with E-state index in [0.717, 1.165) is 16.6 Å². The highest BCUT2D eigenvalue weighted by atomic mass is 79.9. The number of amides is 1. The molecule has 0 saturated heterocycles. The summed E-state index contributed by atoms with van der Waals surface area (Å²) in [6.07, 6.45) is -3.74. The van der Waals surface area contributed by atoms with Crippen molar-refractivity contribution in [1.29, 1.82) is 0 Å². The Balaban J connectivity index is 1.81. The van der Waals surface area contributed by atoms with Gasteiger partial charge >= 0.3 is 6.18 Å². The summed E-state index contributed by atoms with van der Waals surface area (Å²) in [7, 11) is -4.11. The van der Waals surface area contributed by atoms with Gasteiger partial charge in [0.1, 0.15) is 0 Å². The smallest absolute Gasteiger partial charge is 0.272 e. The quantitative estimate of drug-likeness (QED) is 0.280. The highest BCUT2D eigenvalue weighted by Gasteiger charge is 2.32. The van der Waals surface area contributed by atoms with Crippen LogP contribution in [-0.2, 0) is 27.5 Å². The van der Waals surface area contributed by atoms with E-state index in [1.807, 2.05) is 0 Å². The Kier molecular flexibility index (Phi) is 8.70. The summed E-state index contributed by atoms with van der Waals surface area (Å²) in [5.74, 6) is -0.833. The number of sulfonamides is 1. The van der Waals surface area contributed by atoms with Crippen molar-refractivity contribution in [2.75, 3.05) is 6.54 Å². The van der Waals surface area contributed by atoms with Crippen LogP contribution in [-0.4, -0.2) is 31.4 Å². The van der Waals surface area contributed by atoms with E-state index in [1.54, 1.807) is 36.4 Å². The highest BCUT2D eigenvalue weighted by molar-refractivity contribution is 9.10. The maximum atomic E-state index is 13.2. The van der Waals surface area contributed by atoms with Crippen molar-refractivity contribution in [2.45, 2.75) is 17.6 Å². The molecule has 1 N–H and O–H groups in total. The van der Waals surface area contributed by atoms with Crippen molar-refractivity contribution in [2.24, 2.45) is 5.10 Å². The molecule has 0 atom stereocenters. The number of hydrazone groups is 1. The minimum atomic E-state index is -4.60. The van der Waals surface area contributed by atoms with Gasteiger partial charge in [-0.25, -0.2) is 13.8 Å². The van der Waals surface area contributed by atoms with Crippen LogP contribution >= 0.6 is 27.5 Å². The van der Waals surface area contributed by atoms with Crippen LogP contribution in [0.5, 0.6) is 0 Å². The molecule has 0 aliphatic heterocycles. The first-order valence-corrected chi connectivity index (χ1v) is 12.6. The number of rotatable bonds is 8. The summed E-state index contributed by atoms with van der Waals surface area (Å²) in [5.41, 5.74) is 1.51. The summed E-state index contributed by atoms with van der Waals surface area (Å²) in [6, 6.07) is 17.0. The lowest BCUT2D eigenvalue weighted by atomic mass is 10.1. The molecule has 0 heterocycles. The topological polar surface area (TPSA) is 78.8 Å². The van der Waals surface area contributed by atoms with E-state index in [2.05, 4.69) is 26.5 Å². The van der Waals surface area contributed by atoms with Gasteiger partial charge in [-0.05, 0) is 48.0 Å². The average Bonchev–Trinajstić information content (AvgIpc) is 2.80. The van der Waals surface area contributed by atoms with E-state index in [9.17, 15) is 26.4 Å². The van der Waals surface area contributed by atoms with Gasteiger partial charge in [-0.15, -0.1) is 0 Å². The number of halogens is 5. The van der Waals surface area contributed by atoms with E-state index in [1.165, 1.54) is 30.3 Å². The fourth-order valence-corrected chi connectivity index (χ4v) is 4.79. The van der Waals surface area contributed by atoms with Crippen molar-refractivity contribution in [3.63, 3.8) is 0 Å². The Bertz CT molecular complexity index is 1320. The van der Waals surface area contributed by atoms with Gasteiger partial charge in [-0.1, -0.05) is 57.9 Å². The largest absolute Gasteiger partial charge is 0.417 e. The molecule has 0 aliphatic rings. The summed E-state index contributed by atoms with van der Waals surface area (Å²) >= 11 is 9.14. The first-order chi connectivity index (χ1) is 16.5. The second-order valence-corrected chi connectivity index (χ2v) is 10.5. The van der Waals surface area contributed by atoms with Crippen molar-refractivity contribution in [3.8, 4) is 0 Å². The molecule has 6 nitrogen and oxygen atoms in total. The van der Waals surface area contributed by atoms with E-state index in [4.69, 9.17) is 11.6 Å². The van der Waals surface area contributed by atoms with Crippen LogP contribution in [0.3, 0.4) is 0 Å². The zero-order valence-corrected chi connectivity index (χ0v) is 21.0. The van der Waals surface area contributed by atoms with Gasteiger partial charge < -0.3 is 0 Å². The van der Waals surface area contributed by atoms with E-state index >= 15 is 0 Å². The van der Waals surface area contributed by atoms with E-state index < -0.39 is 34.2 Å². The molecule has 0 unspecified atom stereocenters. The van der Waals surface area contributed by atoms with Crippen LogP contribution in [0.2, 0.25) is 5.02 Å². The van der Waals surface area contributed by atoms with Gasteiger partial charge in [0, 0.05) is 21.6 Å². The zero-order chi connectivity index (χ0) is 25.6. The number of nitrogens with zero attached hydrogens (tertiary/aromatic N) is 2. The Labute approximate surface area is 213 Å². The number of alkyl halides is 3. The van der Waals surface area contributed by atoms with Gasteiger partial charge in [0.25, 0.3) is 5.91 Å².